The fourth-order valence-electron chi connectivity index (χ4n) is 2.69. The summed E-state index contributed by atoms with van der Waals surface area (Å²) < 4.78 is 39.0. The van der Waals surface area contributed by atoms with E-state index in [4.69, 9.17) is 0 Å². The van der Waals surface area contributed by atoms with E-state index >= 15 is 0 Å². The minimum absolute atomic E-state index is 0.325. The molecule has 1 aromatic rings. The molecule has 0 saturated carbocycles. The summed E-state index contributed by atoms with van der Waals surface area (Å²) in [5.74, 6) is 0.325. The first-order valence-electron chi connectivity index (χ1n) is 7.11. The molecule has 6 heteroatoms. The third-order valence-corrected chi connectivity index (χ3v) is 3.71. The SMILES string of the molecule is CCn1ccc(CNCC2CCN(CC(F)(F)F)C2)c1. The lowest BCUT2D eigenvalue weighted by atomic mass is 10.1. The molecule has 0 spiro atoms. The van der Waals surface area contributed by atoms with Crippen molar-refractivity contribution in [3.8, 4) is 0 Å². The molecule has 1 fully saturated rings. The van der Waals surface area contributed by atoms with Gasteiger partial charge in [-0.15, -0.1) is 0 Å². The molecule has 0 bridgehead atoms. The van der Waals surface area contributed by atoms with Crippen LogP contribution in [0.15, 0.2) is 18.5 Å². The Balaban J connectivity index is 1.65. The van der Waals surface area contributed by atoms with Gasteiger partial charge < -0.3 is 9.88 Å². The quantitative estimate of drug-likeness (QED) is 0.868. The molecule has 2 rings (SSSR count). The minimum atomic E-state index is -4.08. The molecule has 0 aromatic carbocycles. The predicted molar refractivity (Wildman–Crippen MR) is 72.4 cm³/mol. The smallest absolute Gasteiger partial charge is 0.354 e. The van der Waals surface area contributed by atoms with E-state index in [0.717, 1.165) is 26.1 Å². The summed E-state index contributed by atoms with van der Waals surface area (Å²) in [6.45, 7) is 4.93. The molecular weight excluding hydrogens is 267 g/mol. The molecule has 1 aromatic heterocycles. The fraction of sp³-hybridized carbons (Fsp3) is 0.714. The standard InChI is InChI=1S/C14H22F3N3/c1-2-19-5-3-12(9-19)7-18-8-13-4-6-20(10-13)11-14(15,16)17/h3,5,9,13,18H,2,4,6-8,10-11H2,1H3. The largest absolute Gasteiger partial charge is 0.401 e. The van der Waals surface area contributed by atoms with Gasteiger partial charge in [0.15, 0.2) is 0 Å². The number of alkyl halides is 3. The molecule has 114 valence electrons. The van der Waals surface area contributed by atoms with Crippen molar-refractivity contribution in [2.45, 2.75) is 32.6 Å². The zero-order chi connectivity index (χ0) is 14.6. The lowest BCUT2D eigenvalue weighted by molar-refractivity contribution is -0.143. The van der Waals surface area contributed by atoms with Crippen LogP contribution in [0, 0.1) is 5.92 Å². The molecule has 0 amide bonds. The van der Waals surface area contributed by atoms with Gasteiger partial charge in [0.1, 0.15) is 0 Å². The average Bonchev–Trinajstić information content (AvgIpc) is 2.97. The zero-order valence-corrected chi connectivity index (χ0v) is 11.8. The number of hydrogen-bond donors (Lipinski definition) is 1. The van der Waals surface area contributed by atoms with Crippen molar-refractivity contribution in [1.29, 1.82) is 0 Å². The van der Waals surface area contributed by atoms with Crippen molar-refractivity contribution in [2.75, 3.05) is 26.2 Å². The van der Waals surface area contributed by atoms with E-state index in [0.29, 0.717) is 19.0 Å². The van der Waals surface area contributed by atoms with Crippen LogP contribution in [-0.4, -0.2) is 41.8 Å². The van der Waals surface area contributed by atoms with Gasteiger partial charge in [-0.05, 0) is 44.0 Å². The van der Waals surface area contributed by atoms with Crippen LogP contribution >= 0.6 is 0 Å². The molecule has 20 heavy (non-hydrogen) atoms. The number of aryl methyl sites for hydroxylation is 1. The van der Waals surface area contributed by atoms with Crippen LogP contribution in [0.5, 0.6) is 0 Å². The van der Waals surface area contributed by atoms with E-state index in [1.54, 1.807) is 0 Å². The van der Waals surface area contributed by atoms with Crippen LogP contribution in [0.2, 0.25) is 0 Å². The first-order chi connectivity index (χ1) is 9.46. The second kappa shape index (κ2) is 6.63. The first-order valence-corrected chi connectivity index (χ1v) is 7.11. The maximum atomic E-state index is 12.3. The summed E-state index contributed by atoms with van der Waals surface area (Å²) in [5, 5.41) is 3.34. The van der Waals surface area contributed by atoms with Crippen LogP contribution in [0.1, 0.15) is 18.9 Å². The van der Waals surface area contributed by atoms with Gasteiger partial charge in [0.2, 0.25) is 0 Å². The highest BCUT2D eigenvalue weighted by molar-refractivity contribution is 5.09. The van der Waals surface area contributed by atoms with Gasteiger partial charge in [-0.1, -0.05) is 0 Å². The fourth-order valence-corrected chi connectivity index (χ4v) is 2.69. The van der Waals surface area contributed by atoms with Gasteiger partial charge in [0, 0.05) is 32.0 Å². The van der Waals surface area contributed by atoms with E-state index in [9.17, 15) is 13.2 Å². The topological polar surface area (TPSA) is 20.2 Å². The summed E-state index contributed by atoms with van der Waals surface area (Å²) >= 11 is 0. The lowest BCUT2D eigenvalue weighted by Crippen LogP contribution is -2.33. The first kappa shape index (κ1) is 15.4. The highest BCUT2D eigenvalue weighted by atomic mass is 19.4. The molecule has 0 aliphatic carbocycles. The Morgan fingerprint density at radius 1 is 1.40 bits per heavy atom. The van der Waals surface area contributed by atoms with Crippen LogP contribution < -0.4 is 5.32 Å². The third kappa shape index (κ3) is 4.83. The van der Waals surface area contributed by atoms with Crippen molar-refractivity contribution in [3.63, 3.8) is 0 Å². The number of likely N-dealkylation sites (tertiary alicyclic amines) is 1. The van der Waals surface area contributed by atoms with E-state index in [1.165, 1.54) is 10.5 Å². The van der Waals surface area contributed by atoms with Gasteiger partial charge in [0.05, 0.1) is 6.54 Å². The Kier molecular flexibility index (Phi) is 5.10. The molecule has 1 aliphatic rings. The average molecular weight is 289 g/mol. The van der Waals surface area contributed by atoms with Crippen molar-refractivity contribution in [2.24, 2.45) is 5.92 Å². The second-order valence-electron chi connectivity index (χ2n) is 5.49. The second-order valence-corrected chi connectivity index (χ2v) is 5.49. The third-order valence-electron chi connectivity index (χ3n) is 3.71. The van der Waals surface area contributed by atoms with Gasteiger partial charge in [-0.3, -0.25) is 4.90 Å². The minimum Gasteiger partial charge on any atom is -0.354 e. The summed E-state index contributed by atoms with van der Waals surface area (Å²) in [6, 6.07) is 2.07. The number of nitrogens with zero attached hydrogens (tertiary/aromatic N) is 2. The van der Waals surface area contributed by atoms with Gasteiger partial charge in [0.25, 0.3) is 0 Å². The van der Waals surface area contributed by atoms with Gasteiger partial charge in [-0.25, -0.2) is 0 Å². The van der Waals surface area contributed by atoms with Crippen molar-refractivity contribution in [1.82, 2.24) is 14.8 Å². The molecule has 0 radical (unpaired) electrons. The molecule has 1 saturated heterocycles. The number of nitrogens with one attached hydrogen (secondary N) is 1. The number of rotatable bonds is 6. The van der Waals surface area contributed by atoms with E-state index in [-0.39, 0.29) is 0 Å². The molecular formula is C14H22F3N3. The van der Waals surface area contributed by atoms with E-state index in [2.05, 4.69) is 29.1 Å². The molecule has 3 nitrogen and oxygen atoms in total. The predicted octanol–water partition coefficient (Wildman–Crippen LogP) is 2.48. The van der Waals surface area contributed by atoms with Crippen molar-refractivity contribution >= 4 is 0 Å². The van der Waals surface area contributed by atoms with E-state index < -0.39 is 12.7 Å². The number of aromatic nitrogens is 1. The van der Waals surface area contributed by atoms with Gasteiger partial charge in [-0.2, -0.15) is 13.2 Å². The highest BCUT2D eigenvalue weighted by Gasteiger charge is 2.34. The summed E-state index contributed by atoms with van der Waals surface area (Å²) in [7, 11) is 0. The summed E-state index contributed by atoms with van der Waals surface area (Å²) in [6.07, 6.45) is 0.902. The van der Waals surface area contributed by atoms with Crippen LogP contribution in [0.25, 0.3) is 0 Å². The van der Waals surface area contributed by atoms with E-state index in [1.807, 2.05) is 6.20 Å². The number of hydrogen-bond acceptors (Lipinski definition) is 2. The van der Waals surface area contributed by atoms with Crippen molar-refractivity contribution < 1.29 is 13.2 Å². The van der Waals surface area contributed by atoms with Gasteiger partial charge >= 0.3 is 6.18 Å². The van der Waals surface area contributed by atoms with Crippen LogP contribution in [0.3, 0.4) is 0 Å². The summed E-state index contributed by atoms with van der Waals surface area (Å²) in [5.41, 5.74) is 1.22. The normalized spacial score (nSPS) is 20.7. The Morgan fingerprint density at radius 3 is 2.85 bits per heavy atom. The number of halogens is 3. The summed E-state index contributed by atoms with van der Waals surface area (Å²) in [4.78, 5) is 1.50. The monoisotopic (exact) mass is 289 g/mol. The lowest BCUT2D eigenvalue weighted by Gasteiger charge is -2.17. The Bertz CT molecular complexity index is 414. The maximum absolute atomic E-state index is 12.3. The Labute approximate surface area is 117 Å². The van der Waals surface area contributed by atoms with Crippen LogP contribution in [0.4, 0.5) is 13.2 Å². The maximum Gasteiger partial charge on any atom is 0.401 e. The molecule has 1 N–H and O–H groups in total. The molecule has 2 heterocycles. The molecule has 1 aliphatic heterocycles. The Hall–Kier alpha value is -1.01. The molecule has 1 atom stereocenters. The Morgan fingerprint density at radius 2 is 2.20 bits per heavy atom. The zero-order valence-electron chi connectivity index (χ0n) is 11.8. The van der Waals surface area contributed by atoms with Crippen LogP contribution in [-0.2, 0) is 13.1 Å². The highest BCUT2D eigenvalue weighted by Crippen LogP contribution is 2.22. The van der Waals surface area contributed by atoms with Crippen molar-refractivity contribution in [3.05, 3.63) is 24.0 Å². The molecule has 1 unspecified atom stereocenters.